The van der Waals surface area contributed by atoms with E-state index in [0.29, 0.717) is 47.4 Å². The lowest BCUT2D eigenvalue weighted by atomic mass is 10.0. The van der Waals surface area contributed by atoms with Gasteiger partial charge in [-0.1, -0.05) is 23.7 Å². The summed E-state index contributed by atoms with van der Waals surface area (Å²) in [5.74, 6) is -0.495. The zero-order chi connectivity index (χ0) is 32.8. The third kappa shape index (κ3) is 8.16. The van der Waals surface area contributed by atoms with Crippen LogP contribution in [0.25, 0.3) is 28.0 Å². The molecule has 3 atom stereocenters. The van der Waals surface area contributed by atoms with Crippen LogP contribution in [0.4, 0.5) is 4.39 Å². The van der Waals surface area contributed by atoms with Crippen molar-refractivity contribution in [3.05, 3.63) is 93.0 Å². The van der Waals surface area contributed by atoms with Crippen molar-refractivity contribution in [3.8, 4) is 16.9 Å². The Bertz CT molecular complexity index is 1840. The Labute approximate surface area is 270 Å². The molecule has 0 radical (unpaired) electrons. The summed E-state index contributed by atoms with van der Waals surface area (Å²) in [7, 11) is 0. The van der Waals surface area contributed by atoms with Crippen LogP contribution < -0.4 is 28.2 Å². The molecule has 46 heavy (non-hydrogen) atoms. The predicted molar refractivity (Wildman–Crippen MR) is 179 cm³/mol. The predicted octanol–water partition coefficient (Wildman–Crippen LogP) is 3.89. The van der Waals surface area contributed by atoms with Crippen molar-refractivity contribution in [2.45, 2.75) is 64.1 Å². The van der Waals surface area contributed by atoms with Crippen LogP contribution in [-0.2, 0) is 12.8 Å². The van der Waals surface area contributed by atoms with Crippen molar-refractivity contribution in [2.75, 3.05) is 6.54 Å². The lowest BCUT2D eigenvalue weighted by Gasteiger charge is -2.17. The number of rotatable bonds is 14. The van der Waals surface area contributed by atoms with E-state index in [9.17, 15) is 4.79 Å². The fraction of sp³-hybridized carbons (Fsp3) is 0.344. The number of aromatic amines is 2. The van der Waals surface area contributed by atoms with Gasteiger partial charge in [-0.15, -0.1) is 0 Å². The number of hydrogen-bond acceptors (Lipinski definition) is 7. The van der Waals surface area contributed by atoms with Gasteiger partial charge in [-0.3, -0.25) is 4.57 Å². The van der Waals surface area contributed by atoms with Crippen LogP contribution in [0.2, 0.25) is 5.02 Å². The molecule has 5 aromatic rings. The van der Waals surface area contributed by atoms with E-state index in [1.54, 1.807) is 30.6 Å². The molecule has 5 rings (SSSR count). The van der Waals surface area contributed by atoms with Gasteiger partial charge in [0.25, 0.3) is 0 Å². The first-order valence-electron chi connectivity index (χ1n) is 15.2. The van der Waals surface area contributed by atoms with E-state index in [1.165, 1.54) is 4.57 Å². The summed E-state index contributed by atoms with van der Waals surface area (Å²) in [6.07, 6.45) is 7.07. The van der Waals surface area contributed by atoms with Gasteiger partial charge in [0.05, 0.1) is 34.3 Å². The number of hydrogen-bond donors (Lipinski definition) is 6. The average Bonchev–Trinajstić information content (AvgIpc) is 3.67. The summed E-state index contributed by atoms with van der Waals surface area (Å²) in [4.78, 5) is 24.7. The molecular weight excluding hydrogens is 609 g/mol. The number of aryl methyl sites for hydroxylation is 1. The largest absolute Gasteiger partial charge is 0.370 e. The molecule has 242 valence electrons. The van der Waals surface area contributed by atoms with Crippen molar-refractivity contribution < 1.29 is 4.39 Å². The minimum Gasteiger partial charge on any atom is -0.370 e. The quantitative estimate of drug-likeness (QED) is 0.0771. The van der Waals surface area contributed by atoms with Gasteiger partial charge >= 0.3 is 5.69 Å². The van der Waals surface area contributed by atoms with Gasteiger partial charge in [0.2, 0.25) is 0 Å². The second-order valence-electron chi connectivity index (χ2n) is 11.6. The Kier molecular flexibility index (Phi) is 10.5. The second kappa shape index (κ2) is 14.7. The van der Waals surface area contributed by atoms with E-state index in [4.69, 9.17) is 28.8 Å². The summed E-state index contributed by atoms with van der Waals surface area (Å²) in [5.41, 5.74) is 21.2. The van der Waals surface area contributed by atoms with Gasteiger partial charge in [0, 0.05) is 35.7 Å². The van der Waals surface area contributed by atoms with Gasteiger partial charge in [-0.2, -0.15) is 20.4 Å². The third-order valence-corrected chi connectivity index (χ3v) is 8.13. The number of halogens is 2. The Morgan fingerprint density at radius 2 is 1.93 bits per heavy atom. The molecule has 12 nitrogen and oxygen atoms in total. The van der Waals surface area contributed by atoms with Crippen LogP contribution in [0.15, 0.2) is 64.6 Å². The fourth-order valence-corrected chi connectivity index (χ4v) is 5.68. The number of aromatic nitrogens is 6. The molecule has 0 amide bonds. The van der Waals surface area contributed by atoms with E-state index < -0.39 is 11.5 Å². The van der Waals surface area contributed by atoms with E-state index in [1.807, 2.05) is 31.2 Å². The van der Waals surface area contributed by atoms with Gasteiger partial charge in [-0.05, 0) is 87.5 Å². The number of H-pyrrole nitrogens is 2. The van der Waals surface area contributed by atoms with Crippen LogP contribution in [0, 0.1) is 5.82 Å². The molecule has 2 aromatic carbocycles. The number of nitrogens with one attached hydrogen (secondary N) is 3. The summed E-state index contributed by atoms with van der Waals surface area (Å²) in [6.45, 7) is 4.68. The number of nitrogens with zero attached hydrogens (tertiary/aromatic N) is 5. The normalized spacial score (nSPS) is 13.5. The van der Waals surface area contributed by atoms with Crippen LogP contribution in [0.3, 0.4) is 0 Å². The molecule has 0 spiro atoms. The number of benzene rings is 2. The highest BCUT2D eigenvalue weighted by atomic mass is 35.5. The summed E-state index contributed by atoms with van der Waals surface area (Å²) in [5, 5.41) is 14.7. The Balaban J connectivity index is 1.28. The highest BCUT2D eigenvalue weighted by Crippen LogP contribution is 2.31. The summed E-state index contributed by atoms with van der Waals surface area (Å²) >= 11 is 6.25. The molecule has 0 fully saturated rings. The van der Waals surface area contributed by atoms with Crippen LogP contribution in [-0.4, -0.2) is 54.5 Å². The van der Waals surface area contributed by atoms with Gasteiger partial charge in [-0.25, -0.2) is 14.2 Å². The first kappa shape index (κ1) is 32.8. The molecule has 3 aromatic heterocycles. The monoisotopic (exact) mass is 647 g/mol. The van der Waals surface area contributed by atoms with E-state index in [0.717, 1.165) is 36.1 Å². The van der Waals surface area contributed by atoms with Crippen molar-refractivity contribution in [2.24, 2.45) is 22.2 Å². The van der Waals surface area contributed by atoms with E-state index in [2.05, 4.69) is 42.6 Å². The summed E-state index contributed by atoms with van der Waals surface area (Å²) in [6, 6.07) is 12.9. The van der Waals surface area contributed by atoms with Crippen molar-refractivity contribution >= 4 is 28.6 Å². The maximum Gasteiger partial charge on any atom is 0.354 e. The van der Waals surface area contributed by atoms with Gasteiger partial charge < -0.3 is 27.5 Å². The number of fused-ring (bicyclic) bond motifs is 1. The first-order valence-corrected chi connectivity index (χ1v) is 15.6. The van der Waals surface area contributed by atoms with E-state index >= 15 is 4.39 Å². The lowest BCUT2D eigenvalue weighted by Crippen LogP contribution is -2.29. The molecule has 0 aliphatic carbocycles. The zero-order valence-corrected chi connectivity index (χ0v) is 26.6. The average molecular weight is 648 g/mol. The number of guanidine groups is 1. The maximum atomic E-state index is 15.1. The van der Waals surface area contributed by atoms with Crippen LogP contribution in [0.1, 0.15) is 56.0 Å². The maximum absolute atomic E-state index is 15.1. The molecule has 0 aliphatic heterocycles. The third-order valence-electron chi connectivity index (χ3n) is 7.85. The van der Waals surface area contributed by atoms with Gasteiger partial charge in [0.1, 0.15) is 5.65 Å². The standard InChI is InChI=1S/C32H39ClFN11O/c1-18(35)4-3-5-20-12-26(29(34)27(33)13-20)28-14-22-17-45(32(46)42-30(22)41-28)25-8-6-21(7-9-25)19(2)38-11-10-23(40-31(36)37)15-24-16-39-44-43-24/h6-9,12-14,16-19,23,38H,3-5,10-11,15,35H2,1-2H3,(H4,36,37,40)(H,39,43,44)(H,41,42,46)/t18-,19-,23-/m0/s1. The minimum atomic E-state index is -0.528. The zero-order valence-electron chi connectivity index (χ0n) is 25.8. The van der Waals surface area contributed by atoms with Crippen LogP contribution >= 0.6 is 11.6 Å². The Morgan fingerprint density at radius 1 is 1.15 bits per heavy atom. The van der Waals surface area contributed by atoms with Crippen molar-refractivity contribution in [3.63, 3.8) is 0 Å². The van der Waals surface area contributed by atoms with Gasteiger partial charge in [0.15, 0.2) is 11.8 Å². The molecule has 9 N–H and O–H groups in total. The molecule has 0 aliphatic rings. The Morgan fingerprint density at radius 3 is 2.63 bits per heavy atom. The molecule has 3 heterocycles. The topological polar surface area (TPSA) is 195 Å². The second-order valence-corrected chi connectivity index (χ2v) is 12.0. The molecule has 0 bridgehead atoms. The van der Waals surface area contributed by atoms with Crippen molar-refractivity contribution in [1.29, 1.82) is 0 Å². The molecule has 0 saturated heterocycles. The highest BCUT2D eigenvalue weighted by molar-refractivity contribution is 6.31. The highest BCUT2D eigenvalue weighted by Gasteiger charge is 2.16. The number of aliphatic imine (C=N–C) groups is 1. The Hall–Kier alpha value is -4.59. The molecule has 0 unspecified atom stereocenters. The molecule has 0 saturated carbocycles. The fourth-order valence-electron chi connectivity index (χ4n) is 5.43. The summed E-state index contributed by atoms with van der Waals surface area (Å²) < 4.78 is 16.6. The number of nitrogens with two attached hydrogens (primary N) is 3. The molecule has 14 heteroatoms. The SMILES string of the molecule is C[C@H](N)CCCc1cc(Cl)c(F)c(-c2cc3cn(-c4ccc([C@H](C)NCC[C@@H](Cc5cn[nH]n5)N=C(N)N)cc4)c(=O)nc3[nH]2)c1. The van der Waals surface area contributed by atoms with E-state index in [-0.39, 0.29) is 29.1 Å². The minimum absolute atomic E-state index is 0.0294. The molecular formula is C32H39ClFN11O. The first-order chi connectivity index (χ1) is 22.1. The van der Waals surface area contributed by atoms with Crippen molar-refractivity contribution in [1.82, 2.24) is 35.3 Å². The smallest absolute Gasteiger partial charge is 0.354 e. The van der Waals surface area contributed by atoms with Crippen LogP contribution in [0.5, 0.6) is 0 Å². The lowest BCUT2D eigenvalue weighted by molar-refractivity contribution is 0.511.